The summed E-state index contributed by atoms with van der Waals surface area (Å²) < 4.78 is 17.6. The van der Waals surface area contributed by atoms with Gasteiger partial charge in [0.1, 0.15) is 11.6 Å². The maximum absolute atomic E-state index is 13.1. The summed E-state index contributed by atoms with van der Waals surface area (Å²) >= 11 is 6.41. The minimum atomic E-state index is -0.189. The molecule has 43 heavy (non-hydrogen) atoms. The lowest BCUT2D eigenvalue weighted by Gasteiger charge is -2.31. The number of anilines is 2. The van der Waals surface area contributed by atoms with Crippen LogP contribution in [-0.2, 0) is 11.2 Å². The number of carbonyl (C=O) groups excluding carboxylic acids is 2. The third-order valence-corrected chi connectivity index (χ3v) is 8.03. The third-order valence-electron chi connectivity index (χ3n) is 7.74. The standard InChI is InChI=1S/C31H31ClN6O5/c1-4-24(39)38-14-10-17(11-15-38)43-31-23(41-2)16-22-26(37-31)18(8-12-33-22)27-28(25-20(35-27)9-13-34-30(25)40)36-21-7-5-6-19(32)29(21)42-3/h4-8,12,16-17,35-36H,1,9-11,13-15H2,2-3H3,(H,34,40). The number of para-hydroxylation sites is 1. The van der Waals surface area contributed by atoms with Crippen LogP contribution in [0, 0.1) is 0 Å². The molecule has 6 rings (SSSR count). The van der Waals surface area contributed by atoms with Crippen molar-refractivity contribution in [3.8, 4) is 28.6 Å². The fourth-order valence-electron chi connectivity index (χ4n) is 5.60. The van der Waals surface area contributed by atoms with Gasteiger partial charge in [0.15, 0.2) is 11.5 Å². The number of carbonyl (C=O) groups is 2. The zero-order valence-corrected chi connectivity index (χ0v) is 24.6. The number of hydrogen-bond acceptors (Lipinski definition) is 8. The summed E-state index contributed by atoms with van der Waals surface area (Å²) in [6.45, 7) is 5.23. The first-order valence-corrected chi connectivity index (χ1v) is 14.3. The second-order valence-corrected chi connectivity index (χ2v) is 10.7. The molecule has 1 aromatic carbocycles. The maximum Gasteiger partial charge on any atom is 0.258 e. The molecule has 11 nitrogen and oxygen atoms in total. The third kappa shape index (κ3) is 5.32. The second kappa shape index (κ2) is 11.8. The van der Waals surface area contributed by atoms with Crippen LogP contribution in [0.25, 0.3) is 22.3 Å². The van der Waals surface area contributed by atoms with Crippen LogP contribution in [0.15, 0.2) is 49.2 Å². The van der Waals surface area contributed by atoms with Crippen molar-refractivity contribution in [2.45, 2.75) is 25.4 Å². The van der Waals surface area contributed by atoms with Crippen molar-refractivity contribution in [3.05, 3.63) is 65.5 Å². The highest BCUT2D eigenvalue weighted by atomic mass is 35.5. The number of nitrogens with zero attached hydrogens (tertiary/aromatic N) is 3. The van der Waals surface area contributed by atoms with E-state index in [0.29, 0.717) is 95.0 Å². The number of aromatic amines is 1. The van der Waals surface area contributed by atoms with Gasteiger partial charge in [0.2, 0.25) is 5.91 Å². The number of piperidine rings is 1. The van der Waals surface area contributed by atoms with Gasteiger partial charge in [-0.15, -0.1) is 0 Å². The number of amides is 2. The van der Waals surface area contributed by atoms with Crippen LogP contribution < -0.4 is 24.8 Å². The number of likely N-dealkylation sites (tertiary alicyclic amines) is 1. The summed E-state index contributed by atoms with van der Waals surface area (Å²) in [7, 11) is 3.10. The lowest BCUT2D eigenvalue weighted by molar-refractivity contribution is -0.127. The van der Waals surface area contributed by atoms with Gasteiger partial charge < -0.3 is 34.7 Å². The number of rotatable bonds is 8. The Balaban J connectivity index is 1.43. The minimum Gasteiger partial charge on any atom is -0.493 e. The summed E-state index contributed by atoms with van der Waals surface area (Å²) in [5.41, 5.74) is 5.03. The summed E-state index contributed by atoms with van der Waals surface area (Å²) in [5.74, 6) is 0.968. The van der Waals surface area contributed by atoms with E-state index in [-0.39, 0.29) is 17.9 Å². The Morgan fingerprint density at radius 3 is 2.77 bits per heavy atom. The number of pyridine rings is 2. The summed E-state index contributed by atoms with van der Waals surface area (Å²) in [6, 6.07) is 9.02. The Bertz CT molecular complexity index is 1730. The molecule has 0 unspecified atom stereocenters. The van der Waals surface area contributed by atoms with Crippen LogP contribution >= 0.6 is 11.6 Å². The average Bonchev–Trinajstić information content (AvgIpc) is 3.39. The summed E-state index contributed by atoms with van der Waals surface area (Å²) in [4.78, 5) is 39.9. The maximum atomic E-state index is 13.1. The van der Waals surface area contributed by atoms with Crippen LogP contribution in [-0.4, -0.2) is 71.6 Å². The fourth-order valence-corrected chi connectivity index (χ4v) is 5.86. The van der Waals surface area contributed by atoms with Gasteiger partial charge in [-0.05, 0) is 24.3 Å². The molecule has 3 aromatic heterocycles. The number of hydrogen-bond donors (Lipinski definition) is 3. The van der Waals surface area contributed by atoms with Gasteiger partial charge in [-0.1, -0.05) is 24.2 Å². The number of nitrogens with one attached hydrogen (secondary N) is 3. The zero-order valence-electron chi connectivity index (χ0n) is 23.8. The number of benzene rings is 1. The first-order chi connectivity index (χ1) is 20.9. The molecule has 3 N–H and O–H groups in total. The van der Waals surface area contributed by atoms with E-state index in [1.807, 2.05) is 18.2 Å². The molecule has 1 saturated heterocycles. The zero-order chi connectivity index (χ0) is 30.1. The van der Waals surface area contributed by atoms with Gasteiger partial charge in [-0.25, -0.2) is 4.98 Å². The first-order valence-electron chi connectivity index (χ1n) is 14.0. The number of halogens is 1. The van der Waals surface area contributed by atoms with Crippen molar-refractivity contribution in [2.24, 2.45) is 0 Å². The van der Waals surface area contributed by atoms with Crippen LogP contribution in [0.5, 0.6) is 17.4 Å². The molecular weight excluding hydrogens is 572 g/mol. The molecule has 0 saturated carbocycles. The summed E-state index contributed by atoms with van der Waals surface area (Å²) in [6.07, 6.45) is 4.80. The number of H-pyrrole nitrogens is 1. The SMILES string of the molecule is C=CC(=O)N1CCC(Oc2nc3c(-c4[nH]c5c(c4Nc4cccc(Cl)c4OC)C(=O)NCC5)ccnc3cc2OC)CC1. The molecule has 12 heteroatoms. The van der Waals surface area contributed by atoms with E-state index in [9.17, 15) is 9.59 Å². The van der Waals surface area contributed by atoms with E-state index in [4.69, 9.17) is 30.8 Å². The Kier molecular flexibility index (Phi) is 7.81. The van der Waals surface area contributed by atoms with E-state index in [1.54, 1.807) is 37.4 Å². The first kappa shape index (κ1) is 28.4. The Morgan fingerprint density at radius 1 is 1.21 bits per heavy atom. The van der Waals surface area contributed by atoms with E-state index >= 15 is 0 Å². The number of methoxy groups -OCH3 is 2. The number of ether oxygens (including phenoxy) is 3. The molecule has 0 spiro atoms. The van der Waals surface area contributed by atoms with Gasteiger partial charge in [0, 0.05) is 62.4 Å². The topological polar surface area (TPSA) is 131 Å². The Morgan fingerprint density at radius 2 is 2.02 bits per heavy atom. The van der Waals surface area contributed by atoms with Crippen LogP contribution in [0.1, 0.15) is 28.9 Å². The molecule has 2 aliphatic rings. The molecule has 4 aromatic rings. The smallest absolute Gasteiger partial charge is 0.258 e. The largest absolute Gasteiger partial charge is 0.493 e. The van der Waals surface area contributed by atoms with Gasteiger partial charge in [-0.2, -0.15) is 0 Å². The molecule has 0 bridgehead atoms. The molecule has 5 heterocycles. The van der Waals surface area contributed by atoms with Gasteiger partial charge >= 0.3 is 0 Å². The normalized spacial score (nSPS) is 15.0. The molecule has 2 aliphatic heterocycles. The molecule has 222 valence electrons. The lowest BCUT2D eigenvalue weighted by atomic mass is 10.0. The van der Waals surface area contributed by atoms with Crippen LogP contribution in [0.3, 0.4) is 0 Å². The monoisotopic (exact) mass is 602 g/mol. The number of aromatic nitrogens is 3. The predicted molar refractivity (Wildman–Crippen MR) is 164 cm³/mol. The Labute approximate surface area is 253 Å². The van der Waals surface area contributed by atoms with Crippen molar-refractivity contribution in [1.82, 2.24) is 25.2 Å². The van der Waals surface area contributed by atoms with E-state index in [1.165, 1.54) is 6.08 Å². The molecule has 2 amide bonds. The van der Waals surface area contributed by atoms with Gasteiger partial charge in [0.05, 0.1) is 47.4 Å². The minimum absolute atomic E-state index is 0.0855. The summed E-state index contributed by atoms with van der Waals surface area (Å²) in [5, 5.41) is 6.79. The van der Waals surface area contributed by atoms with E-state index in [2.05, 4.69) is 27.2 Å². The van der Waals surface area contributed by atoms with Crippen LogP contribution in [0.2, 0.25) is 5.02 Å². The highest BCUT2D eigenvalue weighted by molar-refractivity contribution is 6.32. The van der Waals surface area contributed by atoms with Crippen molar-refractivity contribution in [2.75, 3.05) is 39.2 Å². The van der Waals surface area contributed by atoms with Crippen molar-refractivity contribution in [1.29, 1.82) is 0 Å². The second-order valence-electron chi connectivity index (χ2n) is 10.2. The number of fused-ring (bicyclic) bond motifs is 2. The predicted octanol–water partition coefficient (Wildman–Crippen LogP) is 4.88. The van der Waals surface area contributed by atoms with Gasteiger partial charge in [-0.3, -0.25) is 14.6 Å². The van der Waals surface area contributed by atoms with E-state index < -0.39 is 0 Å². The lowest BCUT2D eigenvalue weighted by Crippen LogP contribution is -2.41. The highest BCUT2D eigenvalue weighted by Gasteiger charge is 2.30. The molecular formula is C31H31ClN6O5. The van der Waals surface area contributed by atoms with Gasteiger partial charge in [0.25, 0.3) is 11.8 Å². The van der Waals surface area contributed by atoms with Crippen molar-refractivity contribution < 1.29 is 23.8 Å². The highest BCUT2D eigenvalue weighted by Crippen LogP contribution is 2.43. The van der Waals surface area contributed by atoms with Crippen molar-refractivity contribution in [3.63, 3.8) is 0 Å². The quantitative estimate of drug-likeness (QED) is 0.243. The molecule has 0 aliphatic carbocycles. The Hall–Kier alpha value is -4.77. The molecule has 1 fully saturated rings. The average molecular weight is 603 g/mol. The van der Waals surface area contributed by atoms with Crippen LogP contribution in [0.4, 0.5) is 11.4 Å². The molecule has 0 atom stereocenters. The van der Waals surface area contributed by atoms with Crippen molar-refractivity contribution >= 4 is 45.8 Å². The van der Waals surface area contributed by atoms with E-state index in [0.717, 1.165) is 11.3 Å². The molecule has 0 radical (unpaired) electrons. The fraction of sp³-hybridized carbons (Fsp3) is 0.290.